The summed E-state index contributed by atoms with van der Waals surface area (Å²) in [7, 11) is 0. The van der Waals surface area contributed by atoms with Crippen molar-refractivity contribution in [3.63, 3.8) is 0 Å². The first-order valence-electron chi connectivity index (χ1n) is 6.89. The number of rotatable bonds is 4. The van der Waals surface area contributed by atoms with Gasteiger partial charge in [0.05, 0.1) is 12.3 Å². The molecule has 0 aliphatic carbocycles. The zero-order valence-corrected chi connectivity index (χ0v) is 11.8. The van der Waals surface area contributed by atoms with E-state index < -0.39 is 4.92 Å². The molecule has 1 aromatic heterocycles. The standard InChI is InChI=1S/C13H18N4O4/c1-2-21-13(18)16-7-5-10(6-8-16)15-11-3-4-12(14-9-11)17(19)20/h3-4,9-10,15H,2,5-8H2,1H3. The van der Waals surface area contributed by atoms with Crippen molar-refractivity contribution in [1.29, 1.82) is 0 Å². The average molecular weight is 294 g/mol. The smallest absolute Gasteiger partial charge is 0.409 e. The van der Waals surface area contributed by atoms with Gasteiger partial charge in [-0.1, -0.05) is 0 Å². The molecule has 0 saturated carbocycles. The summed E-state index contributed by atoms with van der Waals surface area (Å²) in [5.41, 5.74) is 0.746. The number of amides is 1. The Morgan fingerprint density at radius 2 is 2.24 bits per heavy atom. The van der Waals surface area contributed by atoms with Crippen molar-refractivity contribution in [2.24, 2.45) is 0 Å². The molecule has 2 rings (SSSR count). The molecular formula is C13H18N4O4. The lowest BCUT2D eigenvalue weighted by Crippen LogP contribution is -2.42. The molecule has 1 amide bonds. The lowest BCUT2D eigenvalue weighted by Gasteiger charge is -2.31. The third-order valence-electron chi connectivity index (χ3n) is 3.33. The number of nitrogens with one attached hydrogen (secondary N) is 1. The lowest BCUT2D eigenvalue weighted by atomic mass is 10.1. The highest BCUT2D eigenvalue weighted by Crippen LogP contribution is 2.18. The second kappa shape index (κ2) is 6.87. The van der Waals surface area contributed by atoms with Crippen molar-refractivity contribution in [2.75, 3.05) is 25.0 Å². The van der Waals surface area contributed by atoms with Crippen LogP contribution in [0, 0.1) is 10.1 Å². The predicted molar refractivity (Wildman–Crippen MR) is 76.1 cm³/mol. The fourth-order valence-electron chi connectivity index (χ4n) is 2.24. The van der Waals surface area contributed by atoms with E-state index in [-0.39, 0.29) is 18.0 Å². The first kappa shape index (κ1) is 15.0. The number of nitrogens with zero attached hydrogens (tertiary/aromatic N) is 3. The molecule has 1 saturated heterocycles. The molecular weight excluding hydrogens is 276 g/mol. The second-order valence-electron chi connectivity index (χ2n) is 4.77. The highest BCUT2D eigenvalue weighted by molar-refractivity contribution is 5.67. The minimum atomic E-state index is -0.526. The van der Waals surface area contributed by atoms with Crippen LogP contribution < -0.4 is 5.32 Å². The number of carbonyl (C=O) groups is 1. The fourth-order valence-corrected chi connectivity index (χ4v) is 2.24. The summed E-state index contributed by atoms with van der Waals surface area (Å²) >= 11 is 0. The second-order valence-corrected chi connectivity index (χ2v) is 4.77. The van der Waals surface area contributed by atoms with Gasteiger partial charge < -0.3 is 25.1 Å². The molecule has 0 bridgehead atoms. The number of hydrogen-bond donors (Lipinski definition) is 1. The van der Waals surface area contributed by atoms with Crippen LogP contribution in [0.2, 0.25) is 0 Å². The maximum absolute atomic E-state index is 11.6. The van der Waals surface area contributed by atoms with Gasteiger partial charge in [0.1, 0.15) is 0 Å². The SMILES string of the molecule is CCOC(=O)N1CCC(Nc2ccc([N+](=O)[O-])nc2)CC1. The molecule has 0 unspecified atom stereocenters. The maximum atomic E-state index is 11.6. The molecule has 0 atom stereocenters. The highest BCUT2D eigenvalue weighted by Gasteiger charge is 2.23. The van der Waals surface area contributed by atoms with Gasteiger partial charge in [-0.25, -0.2) is 4.79 Å². The first-order chi connectivity index (χ1) is 10.1. The largest absolute Gasteiger partial charge is 0.450 e. The van der Waals surface area contributed by atoms with Crippen LogP contribution in [0.25, 0.3) is 0 Å². The Labute approximate surface area is 122 Å². The summed E-state index contributed by atoms with van der Waals surface area (Å²) in [6.45, 7) is 3.44. The van der Waals surface area contributed by atoms with E-state index in [1.807, 2.05) is 0 Å². The number of pyridine rings is 1. The van der Waals surface area contributed by atoms with Crippen LogP contribution in [0.15, 0.2) is 18.3 Å². The Balaban J connectivity index is 1.83. The summed E-state index contributed by atoms with van der Waals surface area (Å²) in [6, 6.07) is 3.23. The van der Waals surface area contributed by atoms with Crippen LogP contribution in [0.1, 0.15) is 19.8 Å². The van der Waals surface area contributed by atoms with Crippen molar-refractivity contribution >= 4 is 17.6 Å². The van der Waals surface area contributed by atoms with Gasteiger partial charge in [-0.05, 0) is 35.7 Å². The number of ether oxygens (including phenoxy) is 1. The molecule has 0 aromatic carbocycles. The maximum Gasteiger partial charge on any atom is 0.409 e. The number of aromatic nitrogens is 1. The third-order valence-corrected chi connectivity index (χ3v) is 3.33. The van der Waals surface area contributed by atoms with E-state index in [2.05, 4.69) is 10.3 Å². The zero-order valence-electron chi connectivity index (χ0n) is 11.8. The van der Waals surface area contributed by atoms with Crippen LogP contribution in [-0.2, 0) is 4.74 Å². The van der Waals surface area contributed by atoms with E-state index in [0.29, 0.717) is 19.7 Å². The Bertz CT molecular complexity index is 497. The minimum Gasteiger partial charge on any atom is -0.450 e. The van der Waals surface area contributed by atoms with Gasteiger partial charge in [0.2, 0.25) is 0 Å². The van der Waals surface area contributed by atoms with Crippen LogP contribution in [0.5, 0.6) is 0 Å². The molecule has 1 fully saturated rings. The topological polar surface area (TPSA) is 97.6 Å². The Morgan fingerprint density at radius 1 is 1.52 bits per heavy atom. The molecule has 114 valence electrons. The van der Waals surface area contributed by atoms with Gasteiger partial charge in [-0.3, -0.25) is 0 Å². The van der Waals surface area contributed by atoms with E-state index >= 15 is 0 Å². The number of likely N-dealkylation sites (tertiary alicyclic amines) is 1. The normalized spacial score (nSPS) is 15.6. The summed E-state index contributed by atoms with van der Waals surface area (Å²) < 4.78 is 4.96. The minimum absolute atomic E-state index is 0.169. The van der Waals surface area contributed by atoms with Crippen LogP contribution in [0.4, 0.5) is 16.3 Å². The van der Waals surface area contributed by atoms with Crippen LogP contribution in [-0.4, -0.2) is 46.6 Å². The Morgan fingerprint density at radius 3 is 2.76 bits per heavy atom. The van der Waals surface area contributed by atoms with E-state index in [0.717, 1.165) is 18.5 Å². The van der Waals surface area contributed by atoms with Crippen LogP contribution in [0.3, 0.4) is 0 Å². The molecule has 8 heteroatoms. The fraction of sp³-hybridized carbons (Fsp3) is 0.538. The van der Waals surface area contributed by atoms with Crippen molar-refractivity contribution in [3.8, 4) is 0 Å². The van der Waals surface area contributed by atoms with Crippen molar-refractivity contribution in [1.82, 2.24) is 9.88 Å². The van der Waals surface area contributed by atoms with Crippen molar-refractivity contribution in [3.05, 3.63) is 28.4 Å². The molecule has 8 nitrogen and oxygen atoms in total. The molecule has 0 spiro atoms. The number of hydrogen-bond acceptors (Lipinski definition) is 6. The lowest BCUT2D eigenvalue weighted by molar-refractivity contribution is -0.389. The Hall–Kier alpha value is -2.38. The average Bonchev–Trinajstić information content (AvgIpc) is 2.49. The molecule has 1 aromatic rings. The van der Waals surface area contributed by atoms with Gasteiger partial charge in [0, 0.05) is 25.2 Å². The van der Waals surface area contributed by atoms with Crippen molar-refractivity contribution < 1.29 is 14.5 Å². The predicted octanol–water partition coefficient (Wildman–Crippen LogP) is 2.02. The molecule has 0 radical (unpaired) electrons. The summed E-state index contributed by atoms with van der Waals surface area (Å²) in [5.74, 6) is -0.169. The Kier molecular flexibility index (Phi) is 4.91. The van der Waals surface area contributed by atoms with Crippen LogP contribution >= 0.6 is 0 Å². The van der Waals surface area contributed by atoms with E-state index in [4.69, 9.17) is 4.74 Å². The zero-order chi connectivity index (χ0) is 15.2. The van der Waals surface area contributed by atoms with Crippen molar-refractivity contribution in [2.45, 2.75) is 25.8 Å². The van der Waals surface area contributed by atoms with Gasteiger partial charge >= 0.3 is 11.9 Å². The van der Waals surface area contributed by atoms with E-state index in [9.17, 15) is 14.9 Å². The van der Waals surface area contributed by atoms with Gasteiger partial charge in [-0.15, -0.1) is 0 Å². The molecule has 21 heavy (non-hydrogen) atoms. The van der Waals surface area contributed by atoms with Gasteiger partial charge in [-0.2, -0.15) is 0 Å². The van der Waals surface area contributed by atoms with Gasteiger partial charge in [0.15, 0.2) is 6.20 Å². The molecule has 1 aliphatic rings. The number of carbonyl (C=O) groups excluding carboxylic acids is 1. The molecule has 2 heterocycles. The number of anilines is 1. The van der Waals surface area contributed by atoms with E-state index in [1.165, 1.54) is 12.3 Å². The molecule has 1 aliphatic heterocycles. The van der Waals surface area contributed by atoms with E-state index in [1.54, 1.807) is 17.9 Å². The first-order valence-corrected chi connectivity index (χ1v) is 6.89. The summed E-state index contributed by atoms with van der Waals surface area (Å²) in [5, 5.41) is 13.8. The van der Waals surface area contributed by atoms with Gasteiger partial charge in [0.25, 0.3) is 0 Å². The monoisotopic (exact) mass is 294 g/mol. The quantitative estimate of drug-likeness (QED) is 0.674. The highest BCUT2D eigenvalue weighted by atomic mass is 16.6. The molecule has 1 N–H and O–H groups in total. The number of nitro groups is 1. The summed E-state index contributed by atoms with van der Waals surface area (Å²) in [6.07, 6.45) is 2.79. The number of piperidine rings is 1. The summed E-state index contributed by atoms with van der Waals surface area (Å²) in [4.78, 5) is 27.0. The third kappa shape index (κ3) is 4.04.